The third-order valence-electron chi connectivity index (χ3n) is 5.18. The molecule has 0 N–H and O–H groups in total. The van der Waals surface area contributed by atoms with Gasteiger partial charge >= 0.3 is 0 Å². The number of hydrogen-bond donors (Lipinski definition) is 0. The van der Waals surface area contributed by atoms with Crippen molar-refractivity contribution in [2.45, 2.75) is 31.9 Å². The summed E-state index contributed by atoms with van der Waals surface area (Å²) in [5.74, 6) is 0.0247. The summed E-state index contributed by atoms with van der Waals surface area (Å²) in [7, 11) is 1.59. The number of benzene rings is 1. The highest BCUT2D eigenvalue weighted by Gasteiger charge is 2.39. The first-order valence-corrected chi connectivity index (χ1v) is 8.76. The Bertz CT molecular complexity index is 648. The van der Waals surface area contributed by atoms with E-state index in [9.17, 15) is 9.59 Å². The maximum Gasteiger partial charge on any atom is 0.225 e. The third-order valence-corrected chi connectivity index (χ3v) is 5.18. The van der Waals surface area contributed by atoms with Gasteiger partial charge in [0.05, 0.1) is 26.2 Å². The molecular formula is C19H26N2O4. The predicted octanol–water partition coefficient (Wildman–Crippen LogP) is 1.23. The smallest absolute Gasteiger partial charge is 0.225 e. The highest BCUT2D eigenvalue weighted by Crippen LogP contribution is 2.25. The van der Waals surface area contributed by atoms with Gasteiger partial charge in [-0.1, -0.05) is 24.3 Å². The molecule has 1 fully saturated rings. The summed E-state index contributed by atoms with van der Waals surface area (Å²) >= 11 is 0. The fourth-order valence-electron chi connectivity index (χ4n) is 3.57. The van der Waals surface area contributed by atoms with Crippen molar-refractivity contribution < 1.29 is 19.1 Å². The number of carbonyl (C=O) groups excluding carboxylic acids is 2. The van der Waals surface area contributed by atoms with E-state index in [4.69, 9.17) is 9.47 Å². The molecule has 0 radical (unpaired) electrons. The lowest BCUT2D eigenvalue weighted by Crippen LogP contribution is -2.51. The van der Waals surface area contributed by atoms with Crippen LogP contribution in [0.4, 0.5) is 0 Å². The largest absolute Gasteiger partial charge is 0.377 e. The molecule has 136 valence electrons. The Balaban J connectivity index is 1.70. The summed E-state index contributed by atoms with van der Waals surface area (Å²) in [4.78, 5) is 28.3. The zero-order valence-electron chi connectivity index (χ0n) is 15.0. The van der Waals surface area contributed by atoms with E-state index in [2.05, 4.69) is 12.1 Å². The van der Waals surface area contributed by atoms with Crippen LogP contribution in [0, 0.1) is 0 Å². The Morgan fingerprint density at radius 1 is 1.20 bits per heavy atom. The van der Waals surface area contributed by atoms with Crippen LogP contribution >= 0.6 is 0 Å². The van der Waals surface area contributed by atoms with Gasteiger partial charge in [-0.25, -0.2) is 0 Å². The summed E-state index contributed by atoms with van der Waals surface area (Å²) in [6, 6.07) is 8.24. The van der Waals surface area contributed by atoms with Gasteiger partial charge in [0.15, 0.2) is 0 Å². The van der Waals surface area contributed by atoms with E-state index in [1.165, 1.54) is 18.1 Å². The quantitative estimate of drug-likeness (QED) is 0.826. The molecule has 2 aliphatic heterocycles. The van der Waals surface area contributed by atoms with Crippen molar-refractivity contribution in [1.82, 2.24) is 9.80 Å². The standard InChI is InChI=1S/C19H26N2O4/c1-15(22)21-9-10-25-14-19(13-21,24-2)11-18(23)20-8-7-16-5-3-4-6-17(16)12-20/h3-6H,7-14H2,1-2H3. The van der Waals surface area contributed by atoms with Crippen molar-refractivity contribution in [2.24, 2.45) is 0 Å². The topological polar surface area (TPSA) is 59.1 Å². The molecule has 2 aliphatic rings. The van der Waals surface area contributed by atoms with Crippen LogP contribution in [0.1, 0.15) is 24.5 Å². The lowest BCUT2D eigenvalue weighted by Gasteiger charge is -2.36. The molecule has 1 saturated heterocycles. The van der Waals surface area contributed by atoms with Crippen LogP contribution in [-0.4, -0.2) is 67.2 Å². The van der Waals surface area contributed by atoms with E-state index < -0.39 is 5.60 Å². The molecule has 6 nitrogen and oxygen atoms in total. The second-order valence-corrected chi connectivity index (χ2v) is 6.89. The molecule has 25 heavy (non-hydrogen) atoms. The Kier molecular flexibility index (Phi) is 5.39. The number of amides is 2. The zero-order valence-corrected chi connectivity index (χ0v) is 15.0. The van der Waals surface area contributed by atoms with Crippen molar-refractivity contribution in [3.63, 3.8) is 0 Å². The van der Waals surface area contributed by atoms with Crippen LogP contribution in [0.3, 0.4) is 0 Å². The van der Waals surface area contributed by atoms with Gasteiger partial charge in [0.1, 0.15) is 5.60 Å². The minimum Gasteiger partial charge on any atom is -0.377 e. The molecule has 0 aliphatic carbocycles. The van der Waals surface area contributed by atoms with E-state index in [1.54, 1.807) is 12.0 Å². The van der Waals surface area contributed by atoms with Crippen LogP contribution in [0.5, 0.6) is 0 Å². The van der Waals surface area contributed by atoms with Gasteiger partial charge in [-0.3, -0.25) is 9.59 Å². The number of rotatable bonds is 3. The number of carbonyl (C=O) groups is 2. The Morgan fingerprint density at radius 2 is 1.96 bits per heavy atom. The van der Waals surface area contributed by atoms with Crippen LogP contribution < -0.4 is 0 Å². The van der Waals surface area contributed by atoms with Crippen molar-refractivity contribution >= 4 is 11.8 Å². The molecule has 2 heterocycles. The van der Waals surface area contributed by atoms with Crippen molar-refractivity contribution in [3.8, 4) is 0 Å². The van der Waals surface area contributed by atoms with Crippen molar-refractivity contribution in [2.75, 3.05) is 40.0 Å². The SMILES string of the molecule is COC1(CC(=O)N2CCc3ccccc3C2)COCCN(C(C)=O)C1. The van der Waals surface area contributed by atoms with E-state index in [-0.39, 0.29) is 18.2 Å². The summed E-state index contributed by atoms with van der Waals surface area (Å²) in [5, 5.41) is 0. The lowest BCUT2D eigenvalue weighted by molar-refractivity contribution is -0.146. The minimum absolute atomic E-state index is 0.0220. The van der Waals surface area contributed by atoms with Gasteiger partial charge in [0.25, 0.3) is 0 Å². The summed E-state index contributed by atoms with van der Waals surface area (Å²) in [6.45, 7) is 4.59. The van der Waals surface area contributed by atoms with Crippen LogP contribution in [0.15, 0.2) is 24.3 Å². The highest BCUT2D eigenvalue weighted by molar-refractivity contribution is 5.78. The summed E-state index contributed by atoms with van der Waals surface area (Å²) < 4.78 is 11.3. The third kappa shape index (κ3) is 4.02. The monoisotopic (exact) mass is 346 g/mol. The van der Waals surface area contributed by atoms with Crippen LogP contribution in [0.2, 0.25) is 0 Å². The molecule has 0 spiro atoms. The number of methoxy groups -OCH3 is 1. The van der Waals surface area contributed by atoms with Gasteiger partial charge in [-0.2, -0.15) is 0 Å². The van der Waals surface area contributed by atoms with Crippen molar-refractivity contribution in [3.05, 3.63) is 35.4 Å². The van der Waals surface area contributed by atoms with E-state index in [0.717, 1.165) is 6.42 Å². The normalized spacial score (nSPS) is 23.8. The summed E-state index contributed by atoms with van der Waals surface area (Å²) in [6.07, 6.45) is 1.09. The Hall–Kier alpha value is -1.92. The van der Waals surface area contributed by atoms with Gasteiger partial charge in [0.2, 0.25) is 11.8 Å². The van der Waals surface area contributed by atoms with Gasteiger partial charge < -0.3 is 19.3 Å². The fraction of sp³-hybridized carbons (Fsp3) is 0.579. The molecule has 1 aromatic rings. The summed E-state index contributed by atoms with van der Waals surface area (Å²) in [5.41, 5.74) is 1.74. The first-order valence-electron chi connectivity index (χ1n) is 8.76. The number of nitrogens with zero attached hydrogens (tertiary/aromatic N) is 2. The first kappa shape index (κ1) is 17.9. The maximum absolute atomic E-state index is 12.9. The molecule has 1 unspecified atom stereocenters. The van der Waals surface area contributed by atoms with Crippen molar-refractivity contribution in [1.29, 1.82) is 0 Å². The van der Waals surface area contributed by atoms with Gasteiger partial charge in [-0.15, -0.1) is 0 Å². The highest BCUT2D eigenvalue weighted by atomic mass is 16.5. The van der Waals surface area contributed by atoms with E-state index in [0.29, 0.717) is 39.4 Å². The maximum atomic E-state index is 12.9. The molecule has 3 rings (SSSR count). The molecule has 1 atom stereocenters. The molecule has 0 bridgehead atoms. The second kappa shape index (κ2) is 7.54. The first-order chi connectivity index (χ1) is 12.0. The number of ether oxygens (including phenoxy) is 2. The van der Waals surface area contributed by atoms with Gasteiger partial charge in [-0.05, 0) is 17.5 Å². The number of fused-ring (bicyclic) bond motifs is 1. The average Bonchev–Trinajstić information content (AvgIpc) is 2.84. The molecule has 0 aromatic heterocycles. The molecular weight excluding hydrogens is 320 g/mol. The Morgan fingerprint density at radius 3 is 2.68 bits per heavy atom. The molecule has 1 aromatic carbocycles. The fourth-order valence-corrected chi connectivity index (χ4v) is 3.57. The number of hydrogen-bond acceptors (Lipinski definition) is 4. The van der Waals surface area contributed by atoms with E-state index >= 15 is 0 Å². The molecule has 2 amide bonds. The van der Waals surface area contributed by atoms with Crippen LogP contribution in [0.25, 0.3) is 0 Å². The predicted molar refractivity (Wildman–Crippen MR) is 93.0 cm³/mol. The molecule has 0 saturated carbocycles. The lowest BCUT2D eigenvalue weighted by atomic mass is 9.96. The van der Waals surface area contributed by atoms with Gasteiger partial charge in [0, 0.05) is 33.7 Å². The zero-order chi connectivity index (χ0) is 17.9. The minimum atomic E-state index is -0.782. The Labute approximate surface area is 148 Å². The second-order valence-electron chi connectivity index (χ2n) is 6.89. The molecule has 6 heteroatoms. The average molecular weight is 346 g/mol. The van der Waals surface area contributed by atoms with E-state index in [1.807, 2.05) is 17.0 Å². The van der Waals surface area contributed by atoms with Crippen LogP contribution in [-0.2, 0) is 32.0 Å².